The highest BCUT2D eigenvalue weighted by Gasteiger charge is 2.17. The van der Waals surface area contributed by atoms with Gasteiger partial charge in [0.05, 0.1) is 0 Å². The van der Waals surface area contributed by atoms with Gasteiger partial charge in [0, 0.05) is 17.8 Å². The van der Waals surface area contributed by atoms with Crippen LogP contribution in [0.25, 0.3) is 11.1 Å². The van der Waals surface area contributed by atoms with Crippen LogP contribution in [-0.2, 0) is 6.42 Å². The summed E-state index contributed by atoms with van der Waals surface area (Å²) in [5.74, 6) is 0. The van der Waals surface area contributed by atoms with Gasteiger partial charge in [-0.3, -0.25) is 0 Å². The van der Waals surface area contributed by atoms with Crippen LogP contribution in [-0.4, -0.2) is 11.2 Å². The van der Waals surface area contributed by atoms with Gasteiger partial charge in [-0.25, -0.2) is 9.98 Å². The van der Waals surface area contributed by atoms with Crippen LogP contribution >= 0.6 is 11.3 Å². The zero-order chi connectivity index (χ0) is 13.4. The molecule has 3 aromatic rings. The molecule has 3 heteroatoms. The summed E-state index contributed by atoms with van der Waals surface area (Å²) in [6.45, 7) is 0. The molecule has 20 heavy (non-hydrogen) atoms. The van der Waals surface area contributed by atoms with Crippen molar-refractivity contribution in [2.24, 2.45) is 4.99 Å². The Morgan fingerprint density at radius 1 is 1.05 bits per heavy atom. The maximum atomic E-state index is 4.39. The summed E-state index contributed by atoms with van der Waals surface area (Å²) in [4.78, 5) is 8.55. The molecule has 1 heterocycles. The fraction of sp³-hybridized carbons (Fsp3) is 0.0588. The highest BCUT2D eigenvalue weighted by molar-refractivity contribution is 7.13. The van der Waals surface area contributed by atoms with E-state index < -0.39 is 0 Å². The van der Waals surface area contributed by atoms with Crippen LogP contribution in [0.3, 0.4) is 0 Å². The van der Waals surface area contributed by atoms with Crippen molar-refractivity contribution in [2.75, 3.05) is 0 Å². The van der Waals surface area contributed by atoms with Gasteiger partial charge in [-0.05, 0) is 40.3 Å². The Hall–Kier alpha value is -2.26. The lowest BCUT2D eigenvalue weighted by molar-refractivity contribution is 1.26. The van der Waals surface area contributed by atoms with Gasteiger partial charge in [0.1, 0.15) is 0 Å². The average molecular weight is 276 g/mol. The lowest BCUT2D eigenvalue weighted by Gasteiger charge is -2.01. The minimum Gasteiger partial charge on any atom is -0.227 e. The molecule has 0 bridgehead atoms. The number of nitrogens with zero attached hydrogens (tertiary/aromatic N) is 2. The van der Waals surface area contributed by atoms with Crippen LogP contribution in [0.5, 0.6) is 0 Å². The van der Waals surface area contributed by atoms with E-state index >= 15 is 0 Å². The van der Waals surface area contributed by atoms with Gasteiger partial charge in [-0.15, -0.1) is 11.3 Å². The predicted octanol–water partition coefficient (Wildman–Crippen LogP) is 4.46. The largest absolute Gasteiger partial charge is 0.227 e. The van der Waals surface area contributed by atoms with Gasteiger partial charge < -0.3 is 0 Å². The summed E-state index contributed by atoms with van der Waals surface area (Å²) in [7, 11) is 0. The Morgan fingerprint density at radius 3 is 2.85 bits per heavy atom. The molecule has 2 aromatic carbocycles. The SMILES string of the molecule is C(=Nc1nccs1)c1ccc2c(c1)Cc1ccccc1-2. The molecule has 0 fully saturated rings. The molecule has 0 saturated heterocycles. The van der Waals surface area contributed by atoms with E-state index in [0.717, 1.165) is 17.1 Å². The van der Waals surface area contributed by atoms with Gasteiger partial charge in [0.15, 0.2) is 0 Å². The van der Waals surface area contributed by atoms with Gasteiger partial charge in [-0.2, -0.15) is 0 Å². The van der Waals surface area contributed by atoms with E-state index in [9.17, 15) is 0 Å². The zero-order valence-corrected chi connectivity index (χ0v) is 11.6. The molecule has 1 aromatic heterocycles. The van der Waals surface area contributed by atoms with Crippen molar-refractivity contribution in [1.29, 1.82) is 0 Å². The Kier molecular flexibility index (Phi) is 2.71. The molecule has 2 nitrogen and oxygen atoms in total. The molecule has 0 amide bonds. The summed E-state index contributed by atoms with van der Waals surface area (Å²) >= 11 is 1.55. The normalized spacial score (nSPS) is 12.6. The molecule has 1 aliphatic carbocycles. The fourth-order valence-corrected chi connectivity index (χ4v) is 3.13. The van der Waals surface area contributed by atoms with E-state index in [2.05, 4.69) is 52.4 Å². The smallest absolute Gasteiger partial charge is 0.208 e. The van der Waals surface area contributed by atoms with Crippen LogP contribution < -0.4 is 0 Å². The van der Waals surface area contributed by atoms with E-state index in [0.29, 0.717) is 0 Å². The molecular formula is C17H12N2S. The van der Waals surface area contributed by atoms with Crippen LogP contribution in [0, 0.1) is 0 Å². The number of thiazole rings is 1. The zero-order valence-electron chi connectivity index (χ0n) is 10.8. The maximum Gasteiger partial charge on any atom is 0.208 e. The molecule has 0 aliphatic heterocycles. The van der Waals surface area contributed by atoms with E-state index in [1.807, 2.05) is 11.6 Å². The van der Waals surface area contributed by atoms with Crippen LogP contribution in [0.2, 0.25) is 0 Å². The van der Waals surface area contributed by atoms with Crippen molar-refractivity contribution < 1.29 is 0 Å². The number of rotatable bonds is 2. The van der Waals surface area contributed by atoms with Crippen molar-refractivity contribution in [1.82, 2.24) is 4.98 Å². The molecule has 0 atom stereocenters. The Morgan fingerprint density at radius 2 is 1.95 bits per heavy atom. The summed E-state index contributed by atoms with van der Waals surface area (Å²) < 4.78 is 0. The van der Waals surface area contributed by atoms with Crippen molar-refractivity contribution in [2.45, 2.75) is 6.42 Å². The van der Waals surface area contributed by atoms with Crippen molar-refractivity contribution in [3.8, 4) is 11.1 Å². The number of aliphatic imine (C=N–C) groups is 1. The van der Waals surface area contributed by atoms with E-state index in [1.165, 1.54) is 22.3 Å². The van der Waals surface area contributed by atoms with Gasteiger partial charge in [-0.1, -0.05) is 36.4 Å². The number of hydrogen-bond donors (Lipinski definition) is 0. The Bertz CT molecular complexity index is 789. The quantitative estimate of drug-likeness (QED) is 0.496. The Labute approximate surface area is 121 Å². The standard InChI is InChI=1S/C17H12N2S/c1-2-4-15-13(3-1)10-14-9-12(5-6-16(14)15)11-19-17-18-7-8-20-17/h1-9,11H,10H2. The maximum absolute atomic E-state index is 4.39. The first-order valence-corrected chi connectivity index (χ1v) is 7.43. The Balaban J connectivity index is 1.69. The molecule has 0 N–H and O–H groups in total. The van der Waals surface area contributed by atoms with E-state index in [4.69, 9.17) is 0 Å². The molecule has 0 unspecified atom stereocenters. The lowest BCUT2D eigenvalue weighted by atomic mass is 10.0. The number of benzene rings is 2. The minimum atomic E-state index is 0.800. The first-order valence-electron chi connectivity index (χ1n) is 6.55. The molecule has 96 valence electrons. The highest BCUT2D eigenvalue weighted by Crippen LogP contribution is 2.36. The summed E-state index contributed by atoms with van der Waals surface area (Å²) in [6.07, 6.45) is 4.68. The monoisotopic (exact) mass is 276 g/mol. The first kappa shape index (κ1) is 11.6. The second-order valence-corrected chi connectivity index (χ2v) is 5.70. The van der Waals surface area contributed by atoms with Crippen molar-refractivity contribution in [3.63, 3.8) is 0 Å². The molecule has 4 rings (SSSR count). The van der Waals surface area contributed by atoms with Gasteiger partial charge in [0.25, 0.3) is 0 Å². The summed E-state index contributed by atoms with van der Waals surface area (Å²) in [6, 6.07) is 15.2. The fourth-order valence-electron chi connectivity index (χ4n) is 2.65. The second-order valence-electron chi connectivity index (χ2n) is 4.82. The topological polar surface area (TPSA) is 25.2 Å². The third-order valence-corrected chi connectivity index (χ3v) is 4.24. The van der Waals surface area contributed by atoms with Crippen LogP contribution in [0.1, 0.15) is 16.7 Å². The molecule has 0 spiro atoms. The van der Waals surface area contributed by atoms with Crippen LogP contribution in [0.15, 0.2) is 59.0 Å². The minimum absolute atomic E-state index is 0.800. The summed E-state index contributed by atoms with van der Waals surface area (Å²) in [5.41, 5.74) is 6.65. The summed E-state index contributed by atoms with van der Waals surface area (Å²) in [5, 5.41) is 2.74. The lowest BCUT2D eigenvalue weighted by Crippen LogP contribution is -1.85. The van der Waals surface area contributed by atoms with E-state index in [1.54, 1.807) is 17.5 Å². The first-order chi connectivity index (χ1) is 9.90. The highest BCUT2D eigenvalue weighted by atomic mass is 32.1. The predicted molar refractivity (Wildman–Crippen MR) is 84.1 cm³/mol. The number of fused-ring (bicyclic) bond motifs is 3. The van der Waals surface area contributed by atoms with Crippen molar-refractivity contribution >= 4 is 22.7 Å². The van der Waals surface area contributed by atoms with Gasteiger partial charge >= 0.3 is 0 Å². The van der Waals surface area contributed by atoms with Crippen LogP contribution in [0.4, 0.5) is 5.13 Å². The average Bonchev–Trinajstić information content (AvgIpc) is 3.12. The number of hydrogen-bond acceptors (Lipinski definition) is 3. The van der Waals surface area contributed by atoms with Crippen molar-refractivity contribution in [3.05, 3.63) is 70.7 Å². The molecule has 0 radical (unpaired) electrons. The molecule has 1 aliphatic rings. The third-order valence-electron chi connectivity index (χ3n) is 3.56. The third kappa shape index (κ3) is 1.96. The molecular weight excluding hydrogens is 264 g/mol. The van der Waals surface area contributed by atoms with E-state index in [-0.39, 0.29) is 0 Å². The number of aromatic nitrogens is 1. The van der Waals surface area contributed by atoms with Gasteiger partial charge in [0.2, 0.25) is 5.13 Å². The second kappa shape index (κ2) is 4.69. The molecule has 0 saturated carbocycles.